The number of nitrogens with zero attached hydrogens (tertiary/aromatic N) is 2. The zero-order chi connectivity index (χ0) is 13.3. The van der Waals surface area contributed by atoms with Crippen molar-refractivity contribution in [3.05, 3.63) is 11.8 Å². The molecule has 0 fully saturated rings. The standard InChI is InChI=1S/C12H20N2O3/c1-4-11(15)9-14(5-2)8-10(7-13)12(16)17-6-3/h8,11,15H,4-6,9H2,1-3H3/b10-8-. The highest BCUT2D eigenvalue weighted by molar-refractivity contribution is 5.92. The lowest BCUT2D eigenvalue weighted by atomic mass is 10.2. The van der Waals surface area contributed by atoms with Crippen molar-refractivity contribution in [3.8, 4) is 6.07 Å². The maximum Gasteiger partial charge on any atom is 0.350 e. The van der Waals surface area contributed by atoms with Gasteiger partial charge in [-0.2, -0.15) is 5.26 Å². The van der Waals surface area contributed by atoms with Crippen LogP contribution in [0.2, 0.25) is 0 Å². The van der Waals surface area contributed by atoms with Crippen molar-refractivity contribution < 1.29 is 14.6 Å². The van der Waals surface area contributed by atoms with Crippen LogP contribution in [0.15, 0.2) is 11.8 Å². The maximum atomic E-state index is 11.4. The molecule has 1 N–H and O–H groups in total. The highest BCUT2D eigenvalue weighted by atomic mass is 16.5. The maximum absolute atomic E-state index is 11.4. The molecule has 0 amide bonds. The summed E-state index contributed by atoms with van der Waals surface area (Å²) in [6, 6.07) is 1.81. The number of rotatable bonds is 7. The van der Waals surface area contributed by atoms with Gasteiger partial charge < -0.3 is 14.7 Å². The highest BCUT2D eigenvalue weighted by Crippen LogP contribution is 2.03. The van der Waals surface area contributed by atoms with Gasteiger partial charge in [0.1, 0.15) is 6.07 Å². The zero-order valence-electron chi connectivity index (χ0n) is 10.6. The predicted octanol–water partition coefficient (Wildman–Crippen LogP) is 1.05. The van der Waals surface area contributed by atoms with Crippen LogP contribution in [0, 0.1) is 11.3 Å². The van der Waals surface area contributed by atoms with Gasteiger partial charge in [0, 0.05) is 19.3 Å². The van der Waals surface area contributed by atoms with Crippen LogP contribution in [0.4, 0.5) is 0 Å². The van der Waals surface area contributed by atoms with Gasteiger partial charge in [0.2, 0.25) is 0 Å². The van der Waals surface area contributed by atoms with Crippen molar-refractivity contribution in [1.82, 2.24) is 4.90 Å². The molecule has 1 atom stereocenters. The first-order valence-corrected chi connectivity index (χ1v) is 5.80. The Morgan fingerprint density at radius 1 is 1.53 bits per heavy atom. The topological polar surface area (TPSA) is 73.6 Å². The first-order chi connectivity index (χ1) is 8.08. The third kappa shape index (κ3) is 5.93. The van der Waals surface area contributed by atoms with Gasteiger partial charge in [-0.25, -0.2) is 4.79 Å². The fourth-order valence-corrected chi connectivity index (χ4v) is 1.19. The zero-order valence-corrected chi connectivity index (χ0v) is 10.6. The number of likely N-dealkylation sites (N-methyl/N-ethyl adjacent to an activating group) is 1. The highest BCUT2D eigenvalue weighted by Gasteiger charge is 2.13. The first kappa shape index (κ1) is 15.5. The minimum Gasteiger partial charge on any atom is -0.462 e. The number of nitriles is 1. The Labute approximate surface area is 102 Å². The first-order valence-electron chi connectivity index (χ1n) is 5.80. The average Bonchev–Trinajstić information content (AvgIpc) is 2.34. The van der Waals surface area contributed by atoms with Crippen LogP contribution in [0.1, 0.15) is 27.2 Å². The lowest BCUT2D eigenvalue weighted by Crippen LogP contribution is -2.28. The summed E-state index contributed by atoms with van der Waals surface area (Å²) in [5.74, 6) is -0.626. The van der Waals surface area contributed by atoms with Crippen LogP contribution in [-0.4, -0.2) is 41.8 Å². The number of hydrogen-bond acceptors (Lipinski definition) is 5. The molecular weight excluding hydrogens is 220 g/mol. The Morgan fingerprint density at radius 2 is 2.18 bits per heavy atom. The molecule has 0 heterocycles. The van der Waals surface area contributed by atoms with E-state index in [0.717, 1.165) is 0 Å². The van der Waals surface area contributed by atoms with Gasteiger partial charge >= 0.3 is 5.97 Å². The molecule has 0 saturated heterocycles. The summed E-state index contributed by atoms with van der Waals surface area (Å²) in [4.78, 5) is 13.1. The Hall–Kier alpha value is -1.54. The number of aliphatic hydroxyl groups excluding tert-OH is 1. The molecule has 0 bridgehead atoms. The minimum atomic E-state index is -0.626. The van der Waals surface area contributed by atoms with Crippen LogP contribution in [-0.2, 0) is 9.53 Å². The number of esters is 1. The SMILES string of the molecule is CCOC(=O)/C(C#N)=C\N(CC)CC(O)CC. The van der Waals surface area contributed by atoms with Crippen molar-refractivity contribution >= 4 is 5.97 Å². The summed E-state index contributed by atoms with van der Waals surface area (Å²) < 4.78 is 4.75. The van der Waals surface area contributed by atoms with E-state index in [1.165, 1.54) is 6.20 Å². The lowest BCUT2D eigenvalue weighted by molar-refractivity contribution is -0.138. The van der Waals surface area contributed by atoms with Gasteiger partial charge in [-0.05, 0) is 20.3 Å². The summed E-state index contributed by atoms with van der Waals surface area (Å²) >= 11 is 0. The molecule has 17 heavy (non-hydrogen) atoms. The Bertz CT molecular complexity index is 307. The second-order valence-electron chi connectivity index (χ2n) is 3.52. The van der Waals surface area contributed by atoms with Gasteiger partial charge in [-0.15, -0.1) is 0 Å². The van der Waals surface area contributed by atoms with Crippen molar-refractivity contribution in [2.45, 2.75) is 33.3 Å². The number of aliphatic hydroxyl groups is 1. The smallest absolute Gasteiger partial charge is 0.350 e. The van der Waals surface area contributed by atoms with E-state index in [2.05, 4.69) is 0 Å². The number of hydrogen-bond donors (Lipinski definition) is 1. The third-order valence-corrected chi connectivity index (χ3v) is 2.25. The van der Waals surface area contributed by atoms with E-state index in [9.17, 15) is 9.90 Å². The van der Waals surface area contributed by atoms with E-state index in [4.69, 9.17) is 10.00 Å². The van der Waals surface area contributed by atoms with Gasteiger partial charge in [0.05, 0.1) is 12.7 Å². The molecule has 1 unspecified atom stereocenters. The Balaban J connectivity index is 4.67. The summed E-state index contributed by atoms with van der Waals surface area (Å²) in [5.41, 5.74) is -0.0444. The van der Waals surface area contributed by atoms with Crippen molar-refractivity contribution in [2.75, 3.05) is 19.7 Å². The van der Waals surface area contributed by atoms with E-state index < -0.39 is 12.1 Å². The monoisotopic (exact) mass is 240 g/mol. The molecule has 0 aromatic heterocycles. The van der Waals surface area contributed by atoms with Crippen molar-refractivity contribution in [3.63, 3.8) is 0 Å². The molecule has 0 rings (SSSR count). The number of carbonyl (C=O) groups is 1. The van der Waals surface area contributed by atoms with Crippen LogP contribution in [0.5, 0.6) is 0 Å². The number of carbonyl (C=O) groups excluding carboxylic acids is 1. The van der Waals surface area contributed by atoms with Gasteiger partial charge in [-0.1, -0.05) is 6.92 Å². The van der Waals surface area contributed by atoms with Crippen LogP contribution in [0.25, 0.3) is 0 Å². The molecule has 0 aliphatic carbocycles. The fourth-order valence-electron chi connectivity index (χ4n) is 1.19. The van der Waals surface area contributed by atoms with Gasteiger partial charge in [0.15, 0.2) is 5.57 Å². The van der Waals surface area contributed by atoms with E-state index in [-0.39, 0.29) is 12.2 Å². The fraction of sp³-hybridized carbons (Fsp3) is 0.667. The molecule has 0 aliphatic heterocycles. The molecule has 0 aromatic rings. The molecule has 0 saturated carbocycles. The molecular formula is C12H20N2O3. The average molecular weight is 240 g/mol. The largest absolute Gasteiger partial charge is 0.462 e. The molecule has 96 valence electrons. The number of ether oxygens (including phenoxy) is 1. The Morgan fingerprint density at radius 3 is 2.59 bits per heavy atom. The predicted molar refractivity (Wildman–Crippen MR) is 63.9 cm³/mol. The normalized spacial score (nSPS) is 12.8. The summed E-state index contributed by atoms with van der Waals surface area (Å²) in [5, 5.41) is 18.4. The van der Waals surface area contributed by atoms with Gasteiger partial charge in [0.25, 0.3) is 0 Å². The van der Waals surface area contributed by atoms with E-state index in [1.807, 2.05) is 13.8 Å². The van der Waals surface area contributed by atoms with Crippen LogP contribution in [0.3, 0.4) is 0 Å². The summed E-state index contributed by atoms with van der Waals surface area (Å²) in [6.07, 6.45) is 1.61. The quantitative estimate of drug-likeness (QED) is 0.409. The minimum absolute atomic E-state index is 0.0444. The van der Waals surface area contributed by atoms with E-state index in [0.29, 0.717) is 19.5 Å². The molecule has 5 heteroatoms. The molecule has 5 nitrogen and oxygen atoms in total. The van der Waals surface area contributed by atoms with E-state index >= 15 is 0 Å². The van der Waals surface area contributed by atoms with Crippen molar-refractivity contribution in [2.24, 2.45) is 0 Å². The van der Waals surface area contributed by atoms with E-state index in [1.54, 1.807) is 17.9 Å². The molecule has 0 radical (unpaired) electrons. The van der Waals surface area contributed by atoms with Gasteiger partial charge in [-0.3, -0.25) is 0 Å². The molecule has 0 aliphatic rings. The summed E-state index contributed by atoms with van der Waals surface area (Å²) in [6.45, 7) is 6.70. The molecule has 0 aromatic carbocycles. The molecule has 0 spiro atoms. The Kier molecular flexibility index (Phi) is 7.82. The second kappa shape index (κ2) is 8.59. The summed E-state index contributed by atoms with van der Waals surface area (Å²) in [7, 11) is 0. The van der Waals surface area contributed by atoms with Crippen molar-refractivity contribution in [1.29, 1.82) is 5.26 Å². The third-order valence-electron chi connectivity index (χ3n) is 2.25. The lowest BCUT2D eigenvalue weighted by Gasteiger charge is -2.21. The van der Waals surface area contributed by atoms with Crippen LogP contribution < -0.4 is 0 Å². The second-order valence-corrected chi connectivity index (χ2v) is 3.52. The van der Waals surface area contributed by atoms with Crippen LogP contribution >= 0.6 is 0 Å².